The second-order valence-electron chi connectivity index (χ2n) is 8.60. The predicted molar refractivity (Wildman–Crippen MR) is 116 cm³/mol. The minimum Gasteiger partial charge on any atom is -0.481 e. The molecule has 148 valence electrons. The van der Waals surface area contributed by atoms with Crippen LogP contribution in [0.3, 0.4) is 0 Å². The summed E-state index contributed by atoms with van der Waals surface area (Å²) in [4.78, 5) is 9.04. The summed E-state index contributed by atoms with van der Waals surface area (Å²) in [7, 11) is -0.165. The maximum atomic E-state index is 6.71. The van der Waals surface area contributed by atoms with Gasteiger partial charge in [-0.3, -0.25) is 4.98 Å². The van der Waals surface area contributed by atoms with Gasteiger partial charge in [-0.05, 0) is 61.5 Å². The second kappa shape index (κ2) is 8.98. The van der Waals surface area contributed by atoms with E-state index in [0.29, 0.717) is 5.88 Å². The molecule has 27 heavy (non-hydrogen) atoms. The molecule has 2 rings (SSSR count). The van der Waals surface area contributed by atoms with Crippen molar-refractivity contribution in [2.45, 2.75) is 70.7 Å². The normalized spacial score (nSPS) is 13.6. The van der Waals surface area contributed by atoms with E-state index in [-0.39, 0.29) is 11.1 Å². The summed E-state index contributed by atoms with van der Waals surface area (Å²) in [6.45, 7) is 15.4. The molecule has 0 radical (unpaired) electrons. The second-order valence-corrected chi connectivity index (χ2v) is 13.4. The minimum atomic E-state index is -1.81. The van der Waals surface area contributed by atoms with Gasteiger partial charge >= 0.3 is 0 Å². The van der Waals surface area contributed by atoms with Crippen LogP contribution in [0.15, 0.2) is 37.1 Å². The van der Waals surface area contributed by atoms with Crippen molar-refractivity contribution in [3.8, 4) is 5.88 Å². The van der Waals surface area contributed by atoms with Crippen LogP contribution in [0.2, 0.25) is 18.1 Å². The van der Waals surface area contributed by atoms with Crippen LogP contribution in [0.4, 0.5) is 0 Å². The Morgan fingerprint density at radius 1 is 1.19 bits per heavy atom. The Kier molecular flexibility index (Phi) is 7.17. The topological polar surface area (TPSA) is 44.2 Å². The third kappa shape index (κ3) is 5.63. The van der Waals surface area contributed by atoms with Crippen LogP contribution in [0.1, 0.15) is 45.6 Å². The molecule has 0 amide bonds. The molecule has 0 aliphatic carbocycles. The van der Waals surface area contributed by atoms with E-state index in [1.54, 1.807) is 7.11 Å². The van der Waals surface area contributed by atoms with E-state index in [9.17, 15) is 0 Å². The van der Waals surface area contributed by atoms with Crippen molar-refractivity contribution in [3.63, 3.8) is 0 Å². The molecule has 0 spiro atoms. The Labute approximate surface area is 165 Å². The van der Waals surface area contributed by atoms with E-state index in [2.05, 4.69) is 56.5 Å². The molecule has 2 heterocycles. The number of fused-ring (bicyclic) bond motifs is 1. The summed E-state index contributed by atoms with van der Waals surface area (Å²) in [6, 6.07) is 5.88. The van der Waals surface area contributed by atoms with Gasteiger partial charge in [0, 0.05) is 18.4 Å². The van der Waals surface area contributed by atoms with Crippen molar-refractivity contribution in [1.82, 2.24) is 9.97 Å². The highest BCUT2D eigenvalue weighted by molar-refractivity contribution is 6.74. The molecule has 0 aromatic carbocycles. The molecular weight excluding hydrogens is 352 g/mol. The summed E-state index contributed by atoms with van der Waals surface area (Å²) in [5, 5.41) is 0.206. The number of hydrogen-bond acceptors (Lipinski definition) is 4. The van der Waals surface area contributed by atoms with Gasteiger partial charge in [-0.1, -0.05) is 26.8 Å². The number of aryl methyl sites for hydroxylation is 1. The molecule has 0 N–H and O–H groups in total. The van der Waals surface area contributed by atoms with Crippen molar-refractivity contribution in [2.75, 3.05) is 7.11 Å². The van der Waals surface area contributed by atoms with Gasteiger partial charge in [-0.2, -0.15) is 0 Å². The van der Waals surface area contributed by atoms with Gasteiger partial charge in [0.2, 0.25) is 5.88 Å². The maximum Gasteiger partial charge on any atom is 0.213 e. The lowest BCUT2D eigenvalue weighted by atomic mass is 10.0. The van der Waals surface area contributed by atoms with Gasteiger partial charge in [-0.15, -0.1) is 6.58 Å². The standard InChI is InChI=1S/C22H34N2O2Si/c1-8-9-10-18(26-27(6,7)22(2,3)4)12-11-17-15-16-23-19-13-14-20(25-5)24-21(17)19/h8,13-16,18H,1,9-12H2,2-7H3. The quantitative estimate of drug-likeness (QED) is 0.396. The van der Waals surface area contributed by atoms with Crippen molar-refractivity contribution in [1.29, 1.82) is 0 Å². The highest BCUT2D eigenvalue weighted by Crippen LogP contribution is 2.38. The first-order chi connectivity index (χ1) is 12.7. The SMILES string of the molecule is C=CCCC(CCc1ccnc2ccc(OC)nc12)O[Si](C)(C)C(C)(C)C. The van der Waals surface area contributed by atoms with Crippen molar-refractivity contribution >= 4 is 19.4 Å². The van der Waals surface area contributed by atoms with Gasteiger partial charge in [0.05, 0.1) is 18.1 Å². The first-order valence-electron chi connectivity index (χ1n) is 9.75. The van der Waals surface area contributed by atoms with Crippen LogP contribution in [-0.4, -0.2) is 31.5 Å². The fourth-order valence-electron chi connectivity index (χ4n) is 2.85. The van der Waals surface area contributed by atoms with Gasteiger partial charge in [-0.25, -0.2) is 4.98 Å². The van der Waals surface area contributed by atoms with Gasteiger partial charge in [0.15, 0.2) is 8.32 Å². The smallest absolute Gasteiger partial charge is 0.213 e. The predicted octanol–water partition coefficient (Wildman–Crippen LogP) is 5.93. The van der Waals surface area contributed by atoms with Crippen molar-refractivity contribution in [2.24, 2.45) is 0 Å². The van der Waals surface area contributed by atoms with Crippen molar-refractivity contribution < 1.29 is 9.16 Å². The molecule has 0 aliphatic rings. The Morgan fingerprint density at radius 3 is 2.56 bits per heavy atom. The van der Waals surface area contributed by atoms with Crippen LogP contribution in [0.25, 0.3) is 11.0 Å². The molecule has 0 saturated heterocycles. The van der Waals surface area contributed by atoms with Crippen LogP contribution in [0, 0.1) is 0 Å². The van der Waals surface area contributed by atoms with E-state index in [1.807, 2.05) is 24.4 Å². The summed E-state index contributed by atoms with van der Waals surface area (Å²) in [6.07, 6.45) is 7.94. The molecule has 2 aromatic heterocycles. The third-order valence-corrected chi connectivity index (χ3v) is 10.1. The van der Waals surface area contributed by atoms with Crippen LogP contribution in [0.5, 0.6) is 5.88 Å². The molecule has 0 fully saturated rings. The number of aromatic nitrogens is 2. The number of methoxy groups -OCH3 is 1. The minimum absolute atomic E-state index is 0.206. The molecule has 5 heteroatoms. The van der Waals surface area contributed by atoms with Gasteiger partial charge in [0.25, 0.3) is 0 Å². The van der Waals surface area contributed by atoms with E-state index < -0.39 is 8.32 Å². The molecule has 1 unspecified atom stereocenters. The third-order valence-electron chi connectivity index (χ3n) is 5.55. The maximum absolute atomic E-state index is 6.71. The lowest BCUT2D eigenvalue weighted by Gasteiger charge is -2.39. The number of nitrogens with zero attached hydrogens (tertiary/aromatic N) is 2. The number of ether oxygens (including phenoxy) is 1. The molecule has 1 atom stereocenters. The Hall–Kier alpha value is -1.72. The van der Waals surface area contributed by atoms with Crippen LogP contribution < -0.4 is 4.74 Å². The van der Waals surface area contributed by atoms with E-state index in [1.165, 1.54) is 5.56 Å². The van der Waals surface area contributed by atoms with Gasteiger partial charge < -0.3 is 9.16 Å². The average molecular weight is 387 g/mol. The monoisotopic (exact) mass is 386 g/mol. The van der Waals surface area contributed by atoms with Crippen molar-refractivity contribution in [3.05, 3.63) is 42.6 Å². The Bertz CT molecular complexity index is 768. The zero-order valence-electron chi connectivity index (χ0n) is 17.7. The van der Waals surface area contributed by atoms with E-state index in [4.69, 9.17) is 9.16 Å². The fraction of sp³-hybridized carbons (Fsp3) is 0.545. The van der Waals surface area contributed by atoms with Crippen LogP contribution in [-0.2, 0) is 10.8 Å². The first-order valence-corrected chi connectivity index (χ1v) is 12.7. The molecule has 4 nitrogen and oxygen atoms in total. The molecule has 0 saturated carbocycles. The number of hydrogen-bond donors (Lipinski definition) is 0. The Morgan fingerprint density at radius 2 is 1.93 bits per heavy atom. The van der Waals surface area contributed by atoms with Gasteiger partial charge in [0.1, 0.15) is 0 Å². The number of allylic oxidation sites excluding steroid dienone is 1. The summed E-state index contributed by atoms with van der Waals surface area (Å²) >= 11 is 0. The summed E-state index contributed by atoms with van der Waals surface area (Å²) in [5.74, 6) is 0.623. The number of rotatable bonds is 9. The zero-order valence-corrected chi connectivity index (χ0v) is 18.7. The highest BCUT2D eigenvalue weighted by atomic mass is 28.4. The molecule has 2 aromatic rings. The van der Waals surface area contributed by atoms with E-state index >= 15 is 0 Å². The lowest BCUT2D eigenvalue weighted by molar-refractivity contribution is 0.163. The van der Waals surface area contributed by atoms with Crippen LogP contribution >= 0.6 is 0 Å². The summed E-state index contributed by atoms with van der Waals surface area (Å²) < 4.78 is 12.0. The lowest BCUT2D eigenvalue weighted by Crippen LogP contribution is -2.44. The van der Waals surface area contributed by atoms with E-state index in [0.717, 1.165) is 36.7 Å². The average Bonchev–Trinajstić information content (AvgIpc) is 2.62. The molecule has 0 bridgehead atoms. The number of pyridine rings is 2. The zero-order chi connectivity index (χ0) is 20.1. The fourth-order valence-corrected chi connectivity index (χ4v) is 4.27. The molecule has 0 aliphatic heterocycles. The highest BCUT2D eigenvalue weighted by Gasteiger charge is 2.38. The molecular formula is C22H34N2O2Si. The first kappa shape index (κ1) is 21.6. The summed E-state index contributed by atoms with van der Waals surface area (Å²) in [5.41, 5.74) is 3.02. The largest absolute Gasteiger partial charge is 0.481 e. The Balaban J connectivity index is 2.19.